The Hall–Kier alpha value is -1.44. The molecule has 0 radical (unpaired) electrons. The number of rotatable bonds is 6. The quantitative estimate of drug-likeness (QED) is 0.768. The summed E-state index contributed by atoms with van der Waals surface area (Å²) in [5.41, 5.74) is 3.29. The van der Waals surface area contributed by atoms with Crippen molar-refractivity contribution in [2.75, 3.05) is 45.9 Å². The van der Waals surface area contributed by atoms with E-state index in [1.165, 1.54) is 17.7 Å². The van der Waals surface area contributed by atoms with Crippen molar-refractivity contribution >= 4 is 5.91 Å². The Kier molecular flexibility index (Phi) is 6.80. The molecule has 1 aromatic rings. The summed E-state index contributed by atoms with van der Waals surface area (Å²) in [6.45, 7) is 14.0. The van der Waals surface area contributed by atoms with E-state index in [2.05, 4.69) is 35.7 Å². The van der Waals surface area contributed by atoms with Crippen molar-refractivity contribution in [3.63, 3.8) is 0 Å². The third-order valence-electron chi connectivity index (χ3n) is 7.18. The lowest BCUT2D eigenvalue weighted by Crippen LogP contribution is -2.56. The summed E-state index contributed by atoms with van der Waals surface area (Å²) in [4.78, 5) is 17.8. The number of morpholine rings is 1. The molecule has 2 saturated heterocycles. The first-order valence-electron chi connectivity index (χ1n) is 11.9. The van der Waals surface area contributed by atoms with E-state index in [-0.39, 0.29) is 11.4 Å². The number of nitrogens with one attached hydrogen (secondary N) is 1. The van der Waals surface area contributed by atoms with E-state index in [0.29, 0.717) is 11.7 Å². The molecule has 1 aliphatic carbocycles. The number of amides is 1. The second-order valence-electron chi connectivity index (χ2n) is 9.67. The maximum absolute atomic E-state index is 13.2. The fraction of sp³-hybridized carbons (Fsp3) is 0.826. The highest BCUT2D eigenvalue weighted by atomic mass is 16.5. The molecular weight excluding hydrogens is 378 g/mol. The van der Waals surface area contributed by atoms with Crippen LogP contribution in [0.15, 0.2) is 0 Å². The lowest BCUT2D eigenvalue weighted by atomic mass is 9.90. The Labute approximate surface area is 181 Å². The van der Waals surface area contributed by atoms with Gasteiger partial charge in [-0.1, -0.05) is 0 Å². The van der Waals surface area contributed by atoms with Gasteiger partial charge in [0.2, 0.25) is 0 Å². The topological polar surface area (TPSA) is 62.6 Å². The lowest BCUT2D eigenvalue weighted by Gasteiger charge is -2.42. The minimum absolute atomic E-state index is 0.101. The number of hydrogen-bond acceptors (Lipinski definition) is 5. The monoisotopic (exact) mass is 417 g/mol. The van der Waals surface area contributed by atoms with Gasteiger partial charge in [0.15, 0.2) is 5.69 Å². The van der Waals surface area contributed by atoms with Gasteiger partial charge in [-0.15, -0.1) is 0 Å². The molecule has 30 heavy (non-hydrogen) atoms. The van der Waals surface area contributed by atoms with Crippen molar-refractivity contribution in [2.45, 2.75) is 77.4 Å². The van der Waals surface area contributed by atoms with Crippen molar-refractivity contribution < 1.29 is 9.53 Å². The molecule has 4 rings (SSSR count). The van der Waals surface area contributed by atoms with E-state index in [9.17, 15) is 4.79 Å². The molecule has 0 saturated carbocycles. The number of carbonyl (C=O) groups excluding carboxylic acids is 1. The van der Waals surface area contributed by atoms with Gasteiger partial charge in [-0.3, -0.25) is 14.4 Å². The number of hydrogen-bond donors (Lipinski definition) is 1. The molecule has 3 heterocycles. The van der Waals surface area contributed by atoms with Crippen LogP contribution in [0.25, 0.3) is 0 Å². The molecule has 7 nitrogen and oxygen atoms in total. The number of fused-ring (bicyclic) bond motifs is 1. The summed E-state index contributed by atoms with van der Waals surface area (Å²) in [5, 5.41) is 8.61. The van der Waals surface area contributed by atoms with Crippen LogP contribution in [0.1, 0.15) is 68.2 Å². The largest absolute Gasteiger partial charge is 0.379 e. The minimum atomic E-state index is 0.101. The predicted molar refractivity (Wildman–Crippen MR) is 118 cm³/mol. The second kappa shape index (κ2) is 9.37. The minimum Gasteiger partial charge on any atom is -0.379 e. The van der Waals surface area contributed by atoms with E-state index >= 15 is 0 Å². The Morgan fingerprint density at radius 1 is 1.17 bits per heavy atom. The normalized spacial score (nSPS) is 23.4. The average Bonchev–Trinajstić information content (AvgIpc) is 3.16. The first-order chi connectivity index (χ1) is 14.5. The first-order valence-corrected chi connectivity index (χ1v) is 11.9. The van der Waals surface area contributed by atoms with Crippen LogP contribution in [0.4, 0.5) is 0 Å². The summed E-state index contributed by atoms with van der Waals surface area (Å²) in [5.74, 6) is 0.146. The zero-order valence-electron chi connectivity index (χ0n) is 19.1. The highest BCUT2D eigenvalue weighted by Gasteiger charge is 2.33. The molecule has 1 unspecified atom stereocenters. The number of aromatic nitrogens is 2. The second-order valence-corrected chi connectivity index (χ2v) is 9.67. The molecule has 3 aliphatic rings. The molecular formula is C23H39N5O2. The average molecular weight is 418 g/mol. The van der Waals surface area contributed by atoms with Crippen LogP contribution in [-0.4, -0.2) is 83.0 Å². The molecule has 2 fully saturated rings. The van der Waals surface area contributed by atoms with Crippen LogP contribution in [0.3, 0.4) is 0 Å². The third kappa shape index (κ3) is 4.58. The molecule has 0 aromatic carbocycles. The smallest absolute Gasteiger partial charge is 0.274 e. The number of ether oxygens (including phenoxy) is 1. The van der Waals surface area contributed by atoms with E-state index in [1.54, 1.807) is 0 Å². The maximum Gasteiger partial charge on any atom is 0.274 e. The van der Waals surface area contributed by atoms with E-state index in [1.807, 2.05) is 4.90 Å². The van der Waals surface area contributed by atoms with Crippen LogP contribution >= 0.6 is 0 Å². The zero-order chi connectivity index (χ0) is 21.1. The van der Waals surface area contributed by atoms with Crippen LogP contribution in [-0.2, 0) is 24.1 Å². The Bertz CT molecular complexity index is 732. The number of carbonyl (C=O) groups is 1. The highest BCUT2D eigenvalue weighted by molar-refractivity contribution is 5.94. The lowest BCUT2D eigenvalue weighted by molar-refractivity contribution is -0.0104. The number of nitrogens with zero attached hydrogens (tertiary/aromatic N) is 4. The standard InChI is InChI=1S/C23H39N5O2/c1-4-28-20-9-8-18(24-17-23(2,3)27-12-14-30-15-13-27)16-19(20)21(25-28)22(29)26-10-6-5-7-11-26/h18,24H,4-17H2,1-3H3. The maximum atomic E-state index is 13.2. The molecule has 2 aliphatic heterocycles. The molecule has 7 heteroatoms. The van der Waals surface area contributed by atoms with Crippen molar-refractivity contribution in [3.05, 3.63) is 17.0 Å². The third-order valence-corrected chi connectivity index (χ3v) is 7.18. The van der Waals surface area contributed by atoms with Crippen LogP contribution in [0, 0.1) is 0 Å². The molecule has 168 valence electrons. The van der Waals surface area contributed by atoms with Gasteiger partial charge in [-0.25, -0.2) is 0 Å². The van der Waals surface area contributed by atoms with E-state index < -0.39 is 0 Å². The molecule has 1 N–H and O–H groups in total. The fourth-order valence-electron chi connectivity index (χ4n) is 5.22. The Morgan fingerprint density at radius 2 is 1.90 bits per heavy atom. The number of piperidine rings is 1. The summed E-state index contributed by atoms with van der Waals surface area (Å²) in [6.07, 6.45) is 6.47. The van der Waals surface area contributed by atoms with Crippen LogP contribution in [0.5, 0.6) is 0 Å². The zero-order valence-corrected chi connectivity index (χ0v) is 19.1. The fourth-order valence-corrected chi connectivity index (χ4v) is 5.22. The summed E-state index contributed by atoms with van der Waals surface area (Å²) < 4.78 is 7.59. The highest BCUT2D eigenvalue weighted by Crippen LogP contribution is 2.27. The van der Waals surface area contributed by atoms with Gasteiger partial charge in [0, 0.05) is 62.1 Å². The number of likely N-dealkylation sites (tertiary alicyclic amines) is 1. The van der Waals surface area contributed by atoms with Gasteiger partial charge in [0.05, 0.1) is 13.2 Å². The molecule has 0 bridgehead atoms. The van der Waals surface area contributed by atoms with Gasteiger partial charge < -0.3 is 15.0 Å². The van der Waals surface area contributed by atoms with Gasteiger partial charge in [-0.05, 0) is 59.3 Å². The van der Waals surface area contributed by atoms with Crippen molar-refractivity contribution in [1.82, 2.24) is 24.9 Å². The van der Waals surface area contributed by atoms with Gasteiger partial charge in [-0.2, -0.15) is 5.10 Å². The summed E-state index contributed by atoms with van der Waals surface area (Å²) in [6, 6.07) is 0.403. The number of aryl methyl sites for hydroxylation is 1. The molecule has 0 spiro atoms. The SMILES string of the molecule is CCn1nc(C(=O)N2CCCCC2)c2c1CCC(NCC(C)(C)N1CCOCC1)C2. The van der Waals surface area contributed by atoms with Crippen molar-refractivity contribution in [2.24, 2.45) is 0 Å². The summed E-state index contributed by atoms with van der Waals surface area (Å²) >= 11 is 0. The van der Waals surface area contributed by atoms with E-state index in [0.717, 1.165) is 84.6 Å². The van der Waals surface area contributed by atoms with Gasteiger partial charge in [0.1, 0.15) is 0 Å². The van der Waals surface area contributed by atoms with Crippen LogP contribution in [0.2, 0.25) is 0 Å². The Balaban J connectivity index is 1.44. The van der Waals surface area contributed by atoms with Crippen molar-refractivity contribution in [1.29, 1.82) is 0 Å². The van der Waals surface area contributed by atoms with Gasteiger partial charge in [0.25, 0.3) is 5.91 Å². The van der Waals surface area contributed by atoms with Crippen LogP contribution < -0.4 is 5.32 Å². The first kappa shape index (κ1) is 21.8. The van der Waals surface area contributed by atoms with E-state index in [4.69, 9.17) is 9.84 Å². The summed E-state index contributed by atoms with van der Waals surface area (Å²) in [7, 11) is 0. The molecule has 1 amide bonds. The Morgan fingerprint density at radius 3 is 2.60 bits per heavy atom. The molecule has 1 atom stereocenters. The van der Waals surface area contributed by atoms with Crippen molar-refractivity contribution in [3.8, 4) is 0 Å². The van der Waals surface area contributed by atoms with Gasteiger partial charge >= 0.3 is 0 Å². The molecule has 1 aromatic heterocycles. The predicted octanol–water partition coefficient (Wildman–Crippen LogP) is 2.09.